The van der Waals surface area contributed by atoms with E-state index in [1.807, 2.05) is 6.92 Å². The Kier molecular flexibility index (Phi) is 4.68. The van der Waals surface area contributed by atoms with Crippen molar-refractivity contribution in [1.82, 2.24) is 4.31 Å². The number of nitrogens with two attached hydrogens (primary N) is 1. The maximum absolute atomic E-state index is 14.1. The summed E-state index contributed by atoms with van der Waals surface area (Å²) in [5.41, 5.74) is 5.80. The fourth-order valence-corrected chi connectivity index (χ4v) is 4.25. The van der Waals surface area contributed by atoms with Crippen LogP contribution in [0.3, 0.4) is 0 Å². The number of halogens is 2. The van der Waals surface area contributed by atoms with Gasteiger partial charge in [-0.05, 0) is 34.5 Å². The summed E-state index contributed by atoms with van der Waals surface area (Å²) < 4.78 is 45.8. The zero-order valence-electron chi connectivity index (χ0n) is 11.0. The molecule has 1 aliphatic heterocycles. The van der Waals surface area contributed by atoms with Gasteiger partial charge >= 0.3 is 0 Å². The fourth-order valence-electron chi connectivity index (χ4n) is 2.07. The van der Waals surface area contributed by atoms with Gasteiger partial charge in [0.25, 0.3) is 0 Å². The largest absolute Gasteiger partial charge is 0.399 e. The second-order valence-electron chi connectivity index (χ2n) is 4.58. The van der Waals surface area contributed by atoms with Crippen molar-refractivity contribution in [2.24, 2.45) is 0 Å². The molecule has 1 aromatic rings. The van der Waals surface area contributed by atoms with Gasteiger partial charge in [-0.1, -0.05) is 6.92 Å². The number of hydrogen-bond donors (Lipinski definition) is 1. The molecule has 5 nitrogen and oxygen atoms in total. The SMILES string of the molecule is CCC1CN(S(=O)(=O)c2cc(N)cc(Br)c2F)CCO1. The van der Waals surface area contributed by atoms with E-state index in [1.165, 1.54) is 10.4 Å². The number of hydrogen-bond acceptors (Lipinski definition) is 4. The van der Waals surface area contributed by atoms with Crippen LogP contribution in [0.2, 0.25) is 0 Å². The molecular formula is C12H16BrFN2O3S. The van der Waals surface area contributed by atoms with Crippen LogP contribution < -0.4 is 5.73 Å². The molecule has 1 heterocycles. The molecule has 0 saturated carbocycles. The van der Waals surface area contributed by atoms with Crippen LogP contribution in [0.25, 0.3) is 0 Å². The molecular weight excluding hydrogens is 351 g/mol. The first-order chi connectivity index (χ1) is 9.36. The Morgan fingerprint density at radius 3 is 2.90 bits per heavy atom. The van der Waals surface area contributed by atoms with Crippen molar-refractivity contribution in [1.29, 1.82) is 0 Å². The number of nitrogens with zero attached hydrogens (tertiary/aromatic N) is 1. The third-order valence-electron chi connectivity index (χ3n) is 3.19. The van der Waals surface area contributed by atoms with Crippen molar-refractivity contribution in [2.75, 3.05) is 25.4 Å². The van der Waals surface area contributed by atoms with Crippen LogP contribution in [0.15, 0.2) is 21.5 Å². The minimum absolute atomic E-state index is 0.0383. The summed E-state index contributed by atoms with van der Waals surface area (Å²) in [6.07, 6.45) is 0.542. The van der Waals surface area contributed by atoms with Gasteiger partial charge in [0.05, 0.1) is 17.2 Å². The first kappa shape index (κ1) is 15.7. The average molecular weight is 367 g/mol. The Hall–Kier alpha value is -0.700. The van der Waals surface area contributed by atoms with Crippen LogP contribution in [0.5, 0.6) is 0 Å². The zero-order chi connectivity index (χ0) is 14.9. The van der Waals surface area contributed by atoms with Crippen LogP contribution >= 0.6 is 15.9 Å². The topological polar surface area (TPSA) is 72.6 Å². The molecule has 2 rings (SSSR count). The lowest BCUT2D eigenvalue weighted by molar-refractivity contribution is -0.00283. The number of benzene rings is 1. The number of ether oxygens (including phenoxy) is 1. The highest BCUT2D eigenvalue weighted by Gasteiger charge is 2.32. The molecule has 1 unspecified atom stereocenters. The van der Waals surface area contributed by atoms with Gasteiger partial charge in [-0.15, -0.1) is 0 Å². The van der Waals surface area contributed by atoms with E-state index in [0.717, 1.165) is 6.07 Å². The Labute approximate surface area is 126 Å². The minimum Gasteiger partial charge on any atom is -0.399 e. The standard InChI is InChI=1S/C12H16BrFN2O3S/c1-2-9-7-16(3-4-19-9)20(17,18)11-6-8(15)5-10(13)12(11)14/h5-6,9H,2-4,7,15H2,1H3. The lowest BCUT2D eigenvalue weighted by Crippen LogP contribution is -2.45. The monoisotopic (exact) mass is 366 g/mol. The van der Waals surface area contributed by atoms with Crippen molar-refractivity contribution in [3.63, 3.8) is 0 Å². The summed E-state index contributed by atoms with van der Waals surface area (Å²) in [7, 11) is -3.91. The maximum Gasteiger partial charge on any atom is 0.246 e. The first-order valence-corrected chi connectivity index (χ1v) is 8.45. The van der Waals surface area contributed by atoms with E-state index < -0.39 is 20.7 Å². The summed E-state index contributed by atoms with van der Waals surface area (Å²) in [6, 6.07) is 2.48. The van der Waals surface area contributed by atoms with E-state index in [2.05, 4.69) is 15.9 Å². The summed E-state index contributed by atoms with van der Waals surface area (Å²) >= 11 is 2.98. The highest BCUT2D eigenvalue weighted by molar-refractivity contribution is 9.10. The Morgan fingerprint density at radius 1 is 1.55 bits per heavy atom. The lowest BCUT2D eigenvalue weighted by atomic mass is 10.2. The number of nitrogen functional groups attached to an aromatic ring is 1. The Balaban J connectivity index is 2.40. The molecule has 8 heteroatoms. The van der Waals surface area contributed by atoms with Crippen LogP contribution in [-0.4, -0.2) is 38.5 Å². The van der Waals surface area contributed by atoms with E-state index in [-0.39, 0.29) is 29.4 Å². The molecule has 0 radical (unpaired) electrons. The first-order valence-electron chi connectivity index (χ1n) is 6.22. The van der Waals surface area contributed by atoms with Crippen LogP contribution in [0.1, 0.15) is 13.3 Å². The van der Waals surface area contributed by atoms with Crippen LogP contribution in [0, 0.1) is 5.82 Å². The molecule has 0 aromatic heterocycles. The third kappa shape index (κ3) is 2.98. The maximum atomic E-state index is 14.1. The number of anilines is 1. The summed E-state index contributed by atoms with van der Waals surface area (Å²) in [5.74, 6) is -0.821. The summed E-state index contributed by atoms with van der Waals surface area (Å²) in [6.45, 7) is 2.66. The Bertz CT molecular complexity index is 609. The quantitative estimate of drug-likeness (QED) is 0.830. The molecule has 0 aliphatic carbocycles. The molecule has 1 aliphatic rings. The van der Waals surface area contributed by atoms with Crippen molar-refractivity contribution in [3.05, 3.63) is 22.4 Å². The van der Waals surface area contributed by atoms with Gasteiger partial charge in [-0.25, -0.2) is 12.8 Å². The van der Waals surface area contributed by atoms with E-state index in [0.29, 0.717) is 13.0 Å². The van der Waals surface area contributed by atoms with E-state index in [1.54, 1.807) is 0 Å². The van der Waals surface area contributed by atoms with Gasteiger partial charge < -0.3 is 10.5 Å². The number of morpholine rings is 1. The zero-order valence-corrected chi connectivity index (χ0v) is 13.4. The van der Waals surface area contributed by atoms with Gasteiger partial charge in [0.15, 0.2) is 5.82 Å². The molecule has 112 valence electrons. The molecule has 2 N–H and O–H groups in total. The molecule has 1 aromatic carbocycles. The molecule has 1 saturated heterocycles. The van der Waals surface area contributed by atoms with Crippen LogP contribution in [-0.2, 0) is 14.8 Å². The van der Waals surface area contributed by atoms with E-state index >= 15 is 0 Å². The second kappa shape index (κ2) is 5.97. The predicted octanol–water partition coefficient (Wildman–Crippen LogP) is 1.97. The number of rotatable bonds is 3. The average Bonchev–Trinajstić information content (AvgIpc) is 2.42. The second-order valence-corrected chi connectivity index (χ2v) is 7.34. The highest BCUT2D eigenvalue weighted by Crippen LogP contribution is 2.29. The van der Waals surface area contributed by atoms with Crippen LogP contribution in [0.4, 0.5) is 10.1 Å². The van der Waals surface area contributed by atoms with Gasteiger partial charge in [0.2, 0.25) is 10.0 Å². The molecule has 0 amide bonds. The molecule has 0 bridgehead atoms. The Morgan fingerprint density at radius 2 is 2.25 bits per heavy atom. The fraction of sp³-hybridized carbons (Fsp3) is 0.500. The molecule has 0 spiro atoms. The van der Waals surface area contributed by atoms with Gasteiger partial charge in [-0.3, -0.25) is 0 Å². The summed E-state index contributed by atoms with van der Waals surface area (Å²) in [5, 5.41) is 0. The number of sulfonamides is 1. The van der Waals surface area contributed by atoms with Crippen molar-refractivity contribution in [3.8, 4) is 0 Å². The van der Waals surface area contributed by atoms with Gasteiger partial charge in [-0.2, -0.15) is 4.31 Å². The van der Waals surface area contributed by atoms with Crippen molar-refractivity contribution >= 4 is 31.6 Å². The van der Waals surface area contributed by atoms with E-state index in [9.17, 15) is 12.8 Å². The smallest absolute Gasteiger partial charge is 0.246 e. The molecule has 1 fully saturated rings. The normalized spacial score (nSPS) is 21.1. The summed E-state index contributed by atoms with van der Waals surface area (Å²) in [4.78, 5) is -0.402. The van der Waals surface area contributed by atoms with Crippen molar-refractivity contribution < 1.29 is 17.5 Å². The van der Waals surface area contributed by atoms with Gasteiger partial charge in [0.1, 0.15) is 4.90 Å². The van der Waals surface area contributed by atoms with Crippen molar-refractivity contribution in [2.45, 2.75) is 24.3 Å². The third-order valence-corrected chi connectivity index (χ3v) is 5.63. The minimum atomic E-state index is -3.91. The lowest BCUT2D eigenvalue weighted by Gasteiger charge is -2.31. The highest BCUT2D eigenvalue weighted by atomic mass is 79.9. The molecule has 1 atom stereocenters. The molecule has 20 heavy (non-hydrogen) atoms. The predicted molar refractivity (Wildman–Crippen MR) is 77.3 cm³/mol. The van der Waals surface area contributed by atoms with E-state index in [4.69, 9.17) is 10.5 Å². The van der Waals surface area contributed by atoms with Gasteiger partial charge in [0, 0.05) is 18.8 Å².